The van der Waals surface area contributed by atoms with Crippen molar-refractivity contribution < 1.29 is 13.2 Å². The van der Waals surface area contributed by atoms with Gasteiger partial charge in [0, 0.05) is 13.2 Å². The van der Waals surface area contributed by atoms with Gasteiger partial charge in [-0.2, -0.15) is 13.1 Å². The van der Waals surface area contributed by atoms with Gasteiger partial charge in [0.05, 0.1) is 5.60 Å². The molecule has 0 spiro atoms. The third-order valence-corrected chi connectivity index (χ3v) is 1.78. The molecule has 0 amide bonds. The van der Waals surface area contributed by atoms with Crippen LogP contribution in [0.4, 0.5) is 0 Å². The van der Waals surface area contributed by atoms with Gasteiger partial charge in [0.15, 0.2) is 0 Å². The number of nitrogens with two attached hydrogens (primary N) is 1. The maximum absolute atomic E-state index is 10.5. The summed E-state index contributed by atoms with van der Waals surface area (Å²) in [5.41, 5.74) is -0.513. The normalized spacial score (nSPS) is 13.3. The van der Waals surface area contributed by atoms with Crippen molar-refractivity contribution in [2.24, 2.45) is 5.14 Å². The highest BCUT2D eigenvalue weighted by molar-refractivity contribution is 7.87. The highest BCUT2D eigenvalue weighted by Gasteiger charge is 2.19. The summed E-state index contributed by atoms with van der Waals surface area (Å²) in [5.74, 6) is 0. The van der Waals surface area contributed by atoms with E-state index < -0.39 is 15.8 Å². The fraction of sp³-hybridized carbons (Fsp3) is 1.00. The van der Waals surface area contributed by atoms with Crippen LogP contribution in [-0.2, 0) is 14.9 Å². The molecule has 0 radical (unpaired) electrons. The van der Waals surface area contributed by atoms with E-state index in [0.717, 1.165) is 0 Å². The van der Waals surface area contributed by atoms with Gasteiger partial charge in [-0.15, -0.1) is 0 Å². The molecule has 74 valence electrons. The topological polar surface area (TPSA) is 81.4 Å². The predicted molar refractivity (Wildman–Crippen MR) is 46.8 cm³/mol. The van der Waals surface area contributed by atoms with Gasteiger partial charge in [0.2, 0.25) is 0 Å². The average Bonchev–Trinajstić information content (AvgIpc) is 1.83. The van der Waals surface area contributed by atoms with Gasteiger partial charge in [-0.3, -0.25) is 0 Å². The van der Waals surface area contributed by atoms with Gasteiger partial charge >= 0.3 is 0 Å². The molecule has 6 heteroatoms. The molecule has 0 aliphatic rings. The molecule has 3 N–H and O–H groups in total. The zero-order valence-corrected chi connectivity index (χ0v) is 8.44. The summed E-state index contributed by atoms with van der Waals surface area (Å²) < 4.78 is 28.4. The number of hydrogen-bond donors (Lipinski definition) is 2. The molecule has 0 heterocycles. The molecular formula is C6H16N2O3S. The molecule has 0 saturated heterocycles. The van der Waals surface area contributed by atoms with Crippen LogP contribution in [0.5, 0.6) is 0 Å². The molecule has 0 fully saturated rings. The van der Waals surface area contributed by atoms with Gasteiger partial charge in [-0.1, -0.05) is 0 Å². The highest BCUT2D eigenvalue weighted by Crippen LogP contribution is 2.06. The van der Waals surface area contributed by atoms with Crippen molar-refractivity contribution in [1.82, 2.24) is 4.72 Å². The minimum absolute atomic E-state index is 0.180. The lowest BCUT2D eigenvalue weighted by Crippen LogP contribution is -2.43. The summed E-state index contributed by atoms with van der Waals surface area (Å²) in [5, 5.41) is 4.74. The highest BCUT2D eigenvalue weighted by atomic mass is 32.2. The lowest BCUT2D eigenvalue weighted by atomic mass is 10.1. The second-order valence-corrected chi connectivity index (χ2v) is 4.44. The van der Waals surface area contributed by atoms with Gasteiger partial charge in [-0.05, 0) is 20.8 Å². The molecule has 0 atom stereocenters. The molecule has 5 nitrogen and oxygen atoms in total. The smallest absolute Gasteiger partial charge is 0.274 e. The summed E-state index contributed by atoms with van der Waals surface area (Å²) in [6.07, 6.45) is 0. The summed E-state index contributed by atoms with van der Waals surface area (Å²) >= 11 is 0. The molecule has 0 aromatic carbocycles. The third kappa shape index (κ3) is 6.53. The molecule has 12 heavy (non-hydrogen) atoms. The summed E-state index contributed by atoms with van der Waals surface area (Å²) in [7, 11) is -3.61. The van der Waals surface area contributed by atoms with Gasteiger partial charge in [-0.25, -0.2) is 5.14 Å². The van der Waals surface area contributed by atoms with Crippen molar-refractivity contribution in [1.29, 1.82) is 0 Å². The molecule has 0 unspecified atom stereocenters. The molecule has 0 saturated carbocycles. The first kappa shape index (κ1) is 11.8. The van der Waals surface area contributed by atoms with E-state index in [1.165, 1.54) is 0 Å². The first-order valence-corrected chi connectivity index (χ1v) is 5.23. The maximum atomic E-state index is 10.5. The number of nitrogens with one attached hydrogen (secondary N) is 1. The van der Waals surface area contributed by atoms with Crippen LogP contribution in [0.25, 0.3) is 0 Å². The minimum Gasteiger partial charge on any atom is -0.374 e. The fourth-order valence-electron chi connectivity index (χ4n) is 0.716. The van der Waals surface area contributed by atoms with Gasteiger partial charge < -0.3 is 4.74 Å². The van der Waals surface area contributed by atoms with Crippen LogP contribution in [0.3, 0.4) is 0 Å². The van der Waals surface area contributed by atoms with Crippen LogP contribution in [0.2, 0.25) is 0 Å². The van der Waals surface area contributed by atoms with Crippen molar-refractivity contribution in [3.8, 4) is 0 Å². The average molecular weight is 196 g/mol. The largest absolute Gasteiger partial charge is 0.374 e. The Morgan fingerprint density at radius 3 is 2.33 bits per heavy atom. The number of rotatable bonds is 5. The maximum Gasteiger partial charge on any atom is 0.274 e. The van der Waals surface area contributed by atoms with Crippen molar-refractivity contribution in [3.05, 3.63) is 0 Å². The van der Waals surface area contributed by atoms with Crippen LogP contribution in [0.15, 0.2) is 0 Å². The van der Waals surface area contributed by atoms with Crippen LogP contribution >= 0.6 is 0 Å². The Morgan fingerprint density at radius 1 is 1.50 bits per heavy atom. The lowest BCUT2D eigenvalue weighted by Gasteiger charge is -2.24. The molecule has 0 aromatic rings. The van der Waals surface area contributed by atoms with Crippen LogP contribution in [-0.4, -0.2) is 27.2 Å². The first-order chi connectivity index (χ1) is 5.27. The SMILES string of the molecule is CCOC(C)(C)CNS(N)(=O)=O. The molecule has 0 rings (SSSR count). The number of hydrogen-bond acceptors (Lipinski definition) is 3. The van der Waals surface area contributed by atoms with E-state index in [9.17, 15) is 8.42 Å². The standard InChI is InChI=1S/C6H16N2O3S/c1-4-11-6(2,3)5-8-12(7,9)10/h8H,4-5H2,1-3H3,(H2,7,9,10). The molecule has 0 aliphatic carbocycles. The zero-order valence-electron chi connectivity index (χ0n) is 7.62. The lowest BCUT2D eigenvalue weighted by molar-refractivity contribution is -0.00515. The van der Waals surface area contributed by atoms with E-state index in [1.54, 1.807) is 13.8 Å². The minimum atomic E-state index is -3.61. The summed E-state index contributed by atoms with van der Waals surface area (Å²) in [6, 6.07) is 0. The third-order valence-electron chi connectivity index (χ3n) is 1.23. The van der Waals surface area contributed by atoms with Crippen molar-refractivity contribution >= 4 is 10.2 Å². The molecular weight excluding hydrogens is 180 g/mol. The van der Waals surface area contributed by atoms with Crippen molar-refractivity contribution in [3.63, 3.8) is 0 Å². The first-order valence-electron chi connectivity index (χ1n) is 3.68. The van der Waals surface area contributed by atoms with E-state index in [1.807, 2.05) is 6.92 Å². The predicted octanol–water partition coefficient (Wildman–Crippen LogP) is -0.405. The van der Waals surface area contributed by atoms with Gasteiger partial charge in [0.25, 0.3) is 10.2 Å². The molecule has 0 aromatic heterocycles. The van der Waals surface area contributed by atoms with E-state index in [0.29, 0.717) is 6.61 Å². The van der Waals surface area contributed by atoms with E-state index in [2.05, 4.69) is 4.72 Å². The van der Waals surface area contributed by atoms with Crippen LogP contribution in [0.1, 0.15) is 20.8 Å². The quantitative estimate of drug-likeness (QED) is 0.627. The Balaban J connectivity index is 3.92. The van der Waals surface area contributed by atoms with Crippen molar-refractivity contribution in [2.75, 3.05) is 13.2 Å². The van der Waals surface area contributed by atoms with Crippen molar-refractivity contribution in [2.45, 2.75) is 26.4 Å². The van der Waals surface area contributed by atoms with E-state index in [-0.39, 0.29) is 6.54 Å². The Bertz CT molecular complexity index is 223. The molecule has 0 bridgehead atoms. The Morgan fingerprint density at radius 2 is 2.00 bits per heavy atom. The Labute approximate surface area is 73.5 Å². The Hall–Kier alpha value is -0.170. The Kier molecular flexibility index (Phi) is 4.12. The second-order valence-electron chi connectivity index (χ2n) is 3.06. The van der Waals surface area contributed by atoms with E-state index in [4.69, 9.17) is 9.88 Å². The zero-order chi connectivity index (χ0) is 9.83. The molecule has 0 aliphatic heterocycles. The monoisotopic (exact) mass is 196 g/mol. The van der Waals surface area contributed by atoms with Crippen LogP contribution < -0.4 is 9.86 Å². The second kappa shape index (κ2) is 4.18. The van der Waals surface area contributed by atoms with Crippen LogP contribution in [0, 0.1) is 0 Å². The summed E-state index contributed by atoms with van der Waals surface area (Å²) in [4.78, 5) is 0. The van der Waals surface area contributed by atoms with E-state index >= 15 is 0 Å². The summed E-state index contributed by atoms with van der Waals surface area (Å²) in [6.45, 7) is 6.14. The fourth-order valence-corrected chi connectivity index (χ4v) is 1.26. The number of ether oxygens (including phenoxy) is 1. The van der Waals surface area contributed by atoms with Gasteiger partial charge in [0.1, 0.15) is 0 Å².